The van der Waals surface area contributed by atoms with Crippen molar-refractivity contribution in [1.82, 2.24) is 25.0 Å². The molecule has 9 heteroatoms. The van der Waals surface area contributed by atoms with E-state index in [4.69, 9.17) is 11.6 Å². The number of carbonyl (C=O) groups is 2. The van der Waals surface area contributed by atoms with E-state index < -0.39 is 0 Å². The monoisotopic (exact) mass is 430 g/mol. The second-order valence-electron chi connectivity index (χ2n) is 8.27. The van der Waals surface area contributed by atoms with Gasteiger partial charge in [-0.15, -0.1) is 0 Å². The third-order valence-electron chi connectivity index (χ3n) is 5.91. The van der Waals surface area contributed by atoms with Gasteiger partial charge in [0.25, 0.3) is 0 Å². The standard InChI is InChI=1S/C21H27ClN6O2/c1-13(29)25-15-5-3-4-14(8-15)21(30)26-20-9-16(18(22)11-23-20)17-10-24-28-7-6-27(2)12-19(17)28/h9-11,14-15H,3-8,12H2,1-2H3,(H,25,29)(H,23,26,30)/t14-,15+/m0/s1. The normalized spacial score (nSPS) is 21.7. The van der Waals surface area contributed by atoms with E-state index in [-0.39, 0.29) is 23.8 Å². The van der Waals surface area contributed by atoms with E-state index in [2.05, 4.69) is 32.7 Å². The SMILES string of the molecule is CC(=O)N[C@@H]1CCC[C@H](C(=O)Nc2cc(-c3cnn4c3CN(C)CC4)c(Cl)cn2)C1. The van der Waals surface area contributed by atoms with Crippen LogP contribution in [0.25, 0.3) is 11.1 Å². The van der Waals surface area contributed by atoms with Crippen LogP contribution in [0, 0.1) is 5.92 Å². The van der Waals surface area contributed by atoms with Gasteiger partial charge >= 0.3 is 0 Å². The predicted octanol–water partition coefficient (Wildman–Crippen LogP) is 2.68. The number of fused-ring (bicyclic) bond motifs is 1. The molecule has 1 fully saturated rings. The zero-order chi connectivity index (χ0) is 21.3. The third-order valence-corrected chi connectivity index (χ3v) is 6.21. The van der Waals surface area contributed by atoms with Gasteiger partial charge in [0.05, 0.1) is 23.5 Å². The van der Waals surface area contributed by atoms with Crippen molar-refractivity contribution in [2.24, 2.45) is 5.92 Å². The maximum Gasteiger partial charge on any atom is 0.228 e. The van der Waals surface area contributed by atoms with Crippen molar-refractivity contribution >= 4 is 29.2 Å². The highest BCUT2D eigenvalue weighted by atomic mass is 35.5. The average Bonchev–Trinajstić information content (AvgIpc) is 3.12. The molecule has 0 bridgehead atoms. The molecule has 1 aliphatic heterocycles. The van der Waals surface area contributed by atoms with Crippen LogP contribution >= 0.6 is 11.6 Å². The highest BCUT2D eigenvalue weighted by molar-refractivity contribution is 6.33. The number of nitrogens with one attached hydrogen (secondary N) is 2. The summed E-state index contributed by atoms with van der Waals surface area (Å²) in [6, 6.07) is 1.87. The highest BCUT2D eigenvalue weighted by Crippen LogP contribution is 2.33. The van der Waals surface area contributed by atoms with Crippen LogP contribution in [0.1, 0.15) is 38.3 Å². The first kappa shape index (κ1) is 20.8. The second kappa shape index (κ2) is 8.73. The van der Waals surface area contributed by atoms with Crippen LogP contribution < -0.4 is 10.6 Å². The van der Waals surface area contributed by atoms with Crippen molar-refractivity contribution in [3.8, 4) is 11.1 Å². The largest absolute Gasteiger partial charge is 0.354 e. The highest BCUT2D eigenvalue weighted by Gasteiger charge is 2.28. The van der Waals surface area contributed by atoms with Crippen molar-refractivity contribution in [1.29, 1.82) is 0 Å². The fourth-order valence-corrected chi connectivity index (χ4v) is 4.59. The summed E-state index contributed by atoms with van der Waals surface area (Å²) >= 11 is 6.45. The van der Waals surface area contributed by atoms with Gasteiger partial charge in [-0.25, -0.2) is 4.98 Å². The van der Waals surface area contributed by atoms with E-state index in [9.17, 15) is 9.59 Å². The molecule has 0 saturated heterocycles. The average molecular weight is 431 g/mol. The van der Waals surface area contributed by atoms with Crippen molar-refractivity contribution in [3.05, 3.63) is 29.2 Å². The van der Waals surface area contributed by atoms with Crippen molar-refractivity contribution < 1.29 is 9.59 Å². The van der Waals surface area contributed by atoms with Crippen molar-refractivity contribution in [3.63, 3.8) is 0 Å². The first-order valence-corrected chi connectivity index (χ1v) is 10.8. The van der Waals surface area contributed by atoms with E-state index in [1.807, 2.05) is 16.9 Å². The number of hydrogen-bond acceptors (Lipinski definition) is 5. The number of anilines is 1. The zero-order valence-corrected chi connectivity index (χ0v) is 18.1. The molecule has 2 aliphatic rings. The number of carbonyl (C=O) groups excluding carboxylic acids is 2. The minimum atomic E-state index is -0.144. The Balaban J connectivity index is 1.51. The molecule has 0 radical (unpaired) electrons. The van der Waals surface area contributed by atoms with Crippen LogP contribution in [0.4, 0.5) is 5.82 Å². The molecule has 1 saturated carbocycles. The molecule has 2 N–H and O–H groups in total. The van der Waals surface area contributed by atoms with Gasteiger partial charge in [-0.05, 0) is 32.4 Å². The molecule has 0 unspecified atom stereocenters. The summed E-state index contributed by atoms with van der Waals surface area (Å²) in [5, 5.41) is 10.9. The van der Waals surface area contributed by atoms with Crippen LogP contribution in [0.15, 0.2) is 18.5 Å². The molecule has 2 aromatic heterocycles. The van der Waals surface area contributed by atoms with E-state index in [1.165, 1.54) is 6.92 Å². The molecular formula is C21H27ClN6O2. The van der Waals surface area contributed by atoms with Crippen molar-refractivity contribution in [2.45, 2.75) is 51.7 Å². The van der Waals surface area contributed by atoms with Crippen molar-refractivity contribution in [2.75, 3.05) is 18.9 Å². The number of halogens is 1. The van der Waals surface area contributed by atoms with Gasteiger partial charge in [0, 0.05) is 49.3 Å². The number of nitrogens with zero attached hydrogens (tertiary/aromatic N) is 4. The van der Waals surface area contributed by atoms with E-state index in [0.29, 0.717) is 17.3 Å². The maximum atomic E-state index is 12.8. The number of hydrogen-bond donors (Lipinski definition) is 2. The van der Waals surface area contributed by atoms with Crippen LogP contribution in [0.5, 0.6) is 0 Å². The van der Waals surface area contributed by atoms with Gasteiger partial charge < -0.3 is 10.6 Å². The summed E-state index contributed by atoms with van der Waals surface area (Å²) in [7, 11) is 2.08. The molecule has 160 valence electrons. The summed E-state index contributed by atoms with van der Waals surface area (Å²) in [6.45, 7) is 4.11. The summed E-state index contributed by atoms with van der Waals surface area (Å²) < 4.78 is 2.01. The molecule has 2 atom stereocenters. The van der Waals surface area contributed by atoms with E-state index in [0.717, 1.165) is 55.7 Å². The number of pyridine rings is 1. The zero-order valence-electron chi connectivity index (χ0n) is 17.3. The fraction of sp³-hybridized carbons (Fsp3) is 0.524. The van der Waals surface area contributed by atoms with Gasteiger partial charge in [-0.2, -0.15) is 5.10 Å². The smallest absolute Gasteiger partial charge is 0.228 e. The Morgan fingerprint density at radius 3 is 2.83 bits per heavy atom. The molecule has 2 amide bonds. The minimum Gasteiger partial charge on any atom is -0.354 e. The van der Waals surface area contributed by atoms with Gasteiger partial charge in [0.1, 0.15) is 5.82 Å². The Morgan fingerprint density at radius 2 is 2.03 bits per heavy atom. The Kier molecular flexibility index (Phi) is 6.06. The fourth-order valence-electron chi connectivity index (χ4n) is 4.38. The third kappa shape index (κ3) is 4.49. The Labute approximate surface area is 181 Å². The lowest BCUT2D eigenvalue weighted by Gasteiger charge is -2.28. The molecule has 2 aromatic rings. The lowest BCUT2D eigenvalue weighted by molar-refractivity contribution is -0.123. The first-order valence-electron chi connectivity index (χ1n) is 10.4. The topological polar surface area (TPSA) is 92.2 Å². The molecule has 1 aliphatic carbocycles. The summed E-state index contributed by atoms with van der Waals surface area (Å²) in [4.78, 5) is 30.7. The summed E-state index contributed by atoms with van der Waals surface area (Å²) in [6.07, 6.45) is 6.69. The van der Waals surface area contributed by atoms with Crippen LogP contribution in [-0.2, 0) is 22.7 Å². The molecular weight excluding hydrogens is 404 g/mol. The lowest BCUT2D eigenvalue weighted by Crippen LogP contribution is -2.40. The molecule has 8 nitrogen and oxygen atoms in total. The first-order chi connectivity index (χ1) is 14.4. The number of likely N-dealkylation sites (N-methyl/N-ethyl adjacent to an activating group) is 1. The Hall–Kier alpha value is -2.45. The molecule has 3 heterocycles. The van der Waals surface area contributed by atoms with Gasteiger partial charge in [0.2, 0.25) is 11.8 Å². The number of rotatable bonds is 4. The Bertz CT molecular complexity index is 959. The van der Waals surface area contributed by atoms with E-state index in [1.54, 1.807) is 6.20 Å². The van der Waals surface area contributed by atoms with Crippen LogP contribution in [-0.4, -0.2) is 51.1 Å². The number of amides is 2. The van der Waals surface area contributed by atoms with Gasteiger partial charge in [-0.1, -0.05) is 18.0 Å². The van der Waals surface area contributed by atoms with E-state index >= 15 is 0 Å². The summed E-state index contributed by atoms with van der Waals surface area (Å²) in [5.41, 5.74) is 2.89. The molecule has 0 spiro atoms. The lowest BCUT2D eigenvalue weighted by atomic mass is 9.85. The van der Waals surface area contributed by atoms with Crippen LogP contribution in [0.2, 0.25) is 5.02 Å². The van der Waals surface area contributed by atoms with Gasteiger partial charge in [-0.3, -0.25) is 19.2 Å². The second-order valence-corrected chi connectivity index (χ2v) is 8.67. The molecule has 0 aromatic carbocycles. The quantitative estimate of drug-likeness (QED) is 0.778. The van der Waals surface area contributed by atoms with Crippen LogP contribution in [0.3, 0.4) is 0 Å². The predicted molar refractivity (Wildman–Crippen MR) is 115 cm³/mol. The van der Waals surface area contributed by atoms with Gasteiger partial charge in [0.15, 0.2) is 0 Å². The Morgan fingerprint density at radius 1 is 1.20 bits per heavy atom. The minimum absolute atomic E-state index is 0.0525. The maximum absolute atomic E-state index is 12.8. The molecule has 4 rings (SSSR count). The molecule has 30 heavy (non-hydrogen) atoms. The number of aromatic nitrogens is 3. The summed E-state index contributed by atoms with van der Waals surface area (Å²) in [5.74, 6) is 0.210.